The van der Waals surface area contributed by atoms with Gasteiger partial charge in [-0.3, -0.25) is 4.79 Å². The summed E-state index contributed by atoms with van der Waals surface area (Å²) < 4.78 is 21.9. The first-order valence-electron chi connectivity index (χ1n) is 9.88. The van der Waals surface area contributed by atoms with Crippen LogP contribution < -0.4 is 14.9 Å². The van der Waals surface area contributed by atoms with Crippen LogP contribution in [0.4, 0.5) is 0 Å². The monoisotopic (exact) mass is 462 g/mol. The van der Waals surface area contributed by atoms with Gasteiger partial charge in [0.05, 0.1) is 13.2 Å². The average molecular weight is 462 g/mol. The number of benzene rings is 2. The summed E-state index contributed by atoms with van der Waals surface area (Å²) in [6.07, 6.45) is -7.00. The molecule has 0 saturated carbocycles. The highest BCUT2D eigenvalue weighted by Crippen LogP contribution is 2.39. The maximum Gasteiger partial charge on any atom is 0.239 e. The zero-order chi connectivity index (χ0) is 24.0. The van der Waals surface area contributed by atoms with Gasteiger partial charge in [-0.05, 0) is 25.1 Å². The number of hydrogen-bond donors (Lipinski definition) is 6. The molecule has 6 N–H and O–H groups in total. The van der Waals surface area contributed by atoms with E-state index in [1.807, 2.05) is 0 Å². The molecule has 11 nitrogen and oxygen atoms in total. The number of rotatable bonds is 5. The minimum Gasteiger partial charge on any atom is -0.508 e. The molecule has 1 aliphatic heterocycles. The van der Waals surface area contributed by atoms with E-state index in [2.05, 4.69) is 0 Å². The molecule has 0 unspecified atom stereocenters. The van der Waals surface area contributed by atoms with Crippen molar-refractivity contribution < 1.29 is 49.3 Å². The van der Waals surface area contributed by atoms with Crippen LogP contribution in [0.2, 0.25) is 0 Å². The molecule has 0 spiro atoms. The minimum atomic E-state index is -1.62. The van der Waals surface area contributed by atoms with Gasteiger partial charge in [-0.2, -0.15) is 0 Å². The lowest BCUT2D eigenvalue weighted by atomic mass is 10.1. The van der Waals surface area contributed by atoms with E-state index in [9.17, 15) is 35.4 Å². The predicted molar refractivity (Wildman–Crippen MR) is 112 cm³/mol. The number of aromatic hydroxyl groups is 3. The van der Waals surface area contributed by atoms with Gasteiger partial charge < -0.3 is 49.3 Å². The van der Waals surface area contributed by atoms with Crippen molar-refractivity contribution in [1.82, 2.24) is 0 Å². The maximum absolute atomic E-state index is 13.3. The van der Waals surface area contributed by atoms with Crippen LogP contribution in [0, 0.1) is 0 Å². The Morgan fingerprint density at radius 3 is 2.39 bits per heavy atom. The summed E-state index contributed by atoms with van der Waals surface area (Å²) in [5, 5.41) is 59.9. The van der Waals surface area contributed by atoms with E-state index in [1.165, 1.54) is 32.2 Å². The number of aliphatic hydroxyl groups is 3. The third-order valence-electron chi connectivity index (χ3n) is 5.33. The van der Waals surface area contributed by atoms with Gasteiger partial charge >= 0.3 is 0 Å². The largest absolute Gasteiger partial charge is 0.508 e. The molecule has 2 heterocycles. The van der Waals surface area contributed by atoms with E-state index in [1.54, 1.807) is 0 Å². The Morgan fingerprint density at radius 1 is 1.03 bits per heavy atom. The third-order valence-corrected chi connectivity index (χ3v) is 5.33. The van der Waals surface area contributed by atoms with Crippen LogP contribution in [-0.2, 0) is 4.74 Å². The van der Waals surface area contributed by atoms with Gasteiger partial charge in [-0.25, -0.2) is 0 Å². The van der Waals surface area contributed by atoms with Gasteiger partial charge in [0.1, 0.15) is 40.8 Å². The van der Waals surface area contributed by atoms with E-state index in [4.69, 9.17) is 18.6 Å². The van der Waals surface area contributed by atoms with Crippen molar-refractivity contribution in [2.45, 2.75) is 37.6 Å². The summed E-state index contributed by atoms with van der Waals surface area (Å²) in [4.78, 5) is 13.3. The topological polar surface area (TPSA) is 179 Å². The number of phenols is 3. The van der Waals surface area contributed by atoms with Crippen LogP contribution in [0.1, 0.15) is 6.92 Å². The first-order valence-corrected chi connectivity index (χ1v) is 9.88. The Bertz CT molecular complexity index is 1250. The molecule has 0 radical (unpaired) electrons. The number of fused-ring (bicyclic) bond motifs is 1. The normalized spacial score (nSPS) is 23.5. The maximum atomic E-state index is 13.3. The molecule has 4 rings (SSSR count). The van der Waals surface area contributed by atoms with Crippen molar-refractivity contribution in [2.75, 3.05) is 7.11 Å². The zero-order valence-electron chi connectivity index (χ0n) is 17.5. The number of methoxy groups -OCH3 is 1. The van der Waals surface area contributed by atoms with Crippen LogP contribution in [-0.4, -0.2) is 68.5 Å². The molecule has 1 aromatic heterocycles. The molecule has 33 heavy (non-hydrogen) atoms. The van der Waals surface area contributed by atoms with Gasteiger partial charge in [0.15, 0.2) is 17.3 Å². The fraction of sp³-hybridized carbons (Fsp3) is 0.318. The SMILES string of the molecule is COc1cc(-c2oc3cc(O)cc(O)c3c(=O)c2O[C@@H]2O[C@H]([C@@H](C)O)[C@@H](O)[C@H]2O)ccc1O. The lowest BCUT2D eigenvalue weighted by Gasteiger charge is -2.19. The van der Waals surface area contributed by atoms with Crippen LogP contribution in [0.5, 0.6) is 28.7 Å². The van der Waals surface area contributed by atoms with E-state index in [0.717, 1.165) is 12.1 Å². The van der Waals surface area contributed by atoms with Crippen LogP contribution in [0.25, 0.3) is 22.3 Å². The van der Waals surface area contributed by atoms with Crippen molar-refractivity contribution in [3.8, 4) is 40.1 Å². The van der Waals surface area contributed by atoms with Gasteiger partial charge in [0, 0.05) is 17.7 Å². The highest BCUT2D eigenvalue weighted by atomic mass is 16.7. The van der Waals surface area contributed by atoms with Crippen molar-refractivity contribution >= 4 is 11.0 Å². The van der Waals surface area contributed by atoms with Crippen LogP contribution in [0.3, 0.4) is 0 Å². The number of ether oxygens (including phenoxy) is 3. The molecule has 5 atom stereocenters. The second-order valence-corrected chi connectivity index (χ2v) is 7.62. The molecule has 1 aliphatic rings. The second-order valence-electron chi connectivity index (χ2n) is 7.62. The molecule has 0 bridgehead atoms. The molecular weight excluding hydrogens is 440 g/mol. The Labute approximate surface area is 186 Å². The van der Waals surface area contributed by atoms with E-state index < -0.39 is 47.6 Å². The smallest absolute Gasteiger partial charge is 0.239 e. The Hall–Kier alpha value is -3.51. The molecule has 2 aromatic carbocycles. The molecule has 0 aliphatic carbocycles. The fourth-order valence-electron chi connectivity index (χ4n) is 3.67. The Kier molecular flexibility index (Phi) is 5.80. The van der Waals surface area contributed by atoms with Crippen molar-refractivity contribution in [3.63, 3.8) is 0 Å². The predicted octanol–water partition coefficient (Wildman–Crippen LogP) is 0.792. The lowest BCUT2D eigenvalue weighted by molar-refractivity contribution is -0.129. The summed E-state index contributed by atoms with van der Waals surface area (Å²) in [7, 11) is 1.32. The molecule has 176 valence electrons. The fourth-order valence-corrected chi connectivity index (χ4v) is 3.67. The van der Waals surface area contributed by atoms with E-state index in [-0.39, 0.29) is 39.5 Å². The summed E-state index contributed by atoms with van der Waals surface area (Å²) in [5.74, 6) is -1.74. The quantitative estimate of drug-likeness (QED) is 0.316. The lowest BCUT2D eigenvalue weighted by Crippen LogP contribution is -2.38. The number of hydrogen-bond acceptors (Lipinski definition) is 11. The van der Waals surface area contributed by atoms with Crippen molar-refractivity contribution in [1.29, 1.82) is 0 Å². The van der Waals surface area contributed by atoms with E-state index >= 15 is 0 Å². The summed E-state index contributed by atoms with van der Waals surface area (Å²) in [6, 6.07) is 6.11. The van der Waals surface area contributed by atoms with Gasteiger partial charge in [0.25, 0.3) is 0 Å². The van der Waals surface area contributed by atoms with Crippen LogP contribution >= 0.6 is 0 Å². The standard InChI is InChI=1S/C22H22O11/c1-8(23)19-17(28)18(29)22(32-19)33-21-16(27)15-12(26)6-10(24)7-14(15)31-20(21)9-3-4-11(25)13(5-9)30-2/h3-8,17-19,22-26,28-29H,1-2H3/t8-,17+,18-,19-,22+/m1/s1. The van der Waals surface area contributed by atoms with Gasteiger partial charge in [0.2, 0.25) is 17.5 Å². The average Bonchev–Trinajstić information content (AvgIpc) is 3.04. The molecule has 1 saturated heterocycles. The zero-order valence-corrected chi connectivity index (χ0v) is 17.5. The number of aliphatic hydroxyl groups excluding tert-OH is 3. The first-order chi connectivity index (χ1) is 15.6. The minimum absolute atomic E-state index is 0.0571. The summed E-state index contributed by atoms with van der Waals surface area (Å²) in [5.41, 5.74) is -0.815. The third kappa shape index (κ3) is 3.91. The van der Waals surface area contributed by atoms with E-state index in [0.29, 0.717) is 0 Å². The van der Waals surface area contributed by atoms with Gasteiger partial charge in [-0.15, -0.1) is 0 Å². The highest BCUT2D eigenvalue weighted by molar-refractivity contribution is 5.88. The summed E-state index contributed by atoms with van der Waals surface area (Å²) in [6.45, 7) is 1.35. The highest BCUT2D eigenvalue weighted by Gasteiger charge is 2.47. The molecule has 11 heteroatoms. The summed E-state index contributed by atoms with van der Waals surface area (Å²) >= 11 is 0. The van der Waals surface area contributed by atoms with Gasteiger partial charge in [-0.1, -0.05) is 0 Å². The number of phenolic OH excluding ortho intramolecular Hbond substituents is 3. The molecule has 1 fully saturated rings. The molecule has 3 aromatic rings. The second kappa shape index (κ2) is 8.45. The van der Waals surface area contributed by atoms with Crippen LogP contribution in [0.15, 0.2) is 39.5 Å². The Morgan fingerprint density at radius 2 is 1.76 bits per heavy atom. The first kappa shape index (κ1) is 22.7. The molecular formula is C22H22O11. The molecule has 0 amide bonds. The van der Waals surface area contributed by atoms with Crippen molar-refractivity contribution in [2.24, 2.45) is 0 Å². The Balaban J connectivity index is 1.91. The van der Waals surface area contributed by atoms with Crippen molar-refractivity contribution in [3.05, 3.63) is 40.6 Å².